The lowest BCUT2D eigenvalue weighted by atomic mass is 9.97. The highest BCUT2D eigenvalue weighted by Crippen LogP contribution is 2.26. The molecule has 234 valence electrons. The van der Waals surface area contributed by atoms with Gasteiger partial charge in [-0.3, -0.25) is 10.1 Å². The lowest BCUT2D eigenvalue weighted by molar-refractivity contribution is -2.00. The number of sulfonamides is 1. The quantitative estimate of drug-likeness (QED) is 0.206. The molecule has 4 rings (SSSR count). The Morgan fingerprint density at radius 2 is 1.43 bits per heavy atom. The van der Waals surface area contributed by atoms with Gasteiger partial charge >= 0.3 is 0 Å². The van der Waals surface area contributed by atoms with Gasteiger partial charge in [-0.25, -0.2) is 37.2 Å². The van der Waals surface area contributed by atoms with Gasteiger partial charge in [0.1, 0.15) is 5.82 Å². The Kier molecular flexibility index (Phi) is 11.5. The van der Waals surface area contributed by atoms with Gasteiger partial charge in [-0.2, -0.15) is 9.55 Å². The molecule has 0 saturated carbocycles. The number of nitrogens with zero attached hydrogens (tertiary/aromatic N) is 3. The van der Waals surface area contributed by atoms with Crippen LogP contribution >= 0.6 is 0 Å². The zero-order valence-electron chi connectivity index (χ0n) is 24.4. The minimum absolute atomic E-state index is 0.0134. The van der Waals surface area contributed by atoms with Crippen LogP contribution in [0.25, 0.3) is 11.1 Å². The van der Waals surface area contributed by atoms with E-state index in [-0.39, 0.29) is 35.1 Å². The Labute approximate surface area is 257 Å². The average Bonchev–Trinajstić information content (AvgIpc) is 2.92. The SMILES string of the molecule is CC(C)c1cc(-c2ccccc2)cc(C(C)C)[n+]1CC(=O)Nc1nccc(Nc2ccc(S(N)(=O)=O)cc2)n1.[O-][Cl+3]([O-])([O-])[O-]. The van der Waals surface area contributed by atoms with Gasteiger partial charge in [-0.1, -0.05) is 58.0 Å². The van der Waals surface area contributed by atoms with E-state index < -0.39 is 20.3 Å². The van der Waals surface area contributed by atoms with E-state index in [2.05, 4.69) is 77.1 Å². The molecule has 0 spiro atoms. The second kappa shape index (κ2) is 14.6. The lowest BCUT2D eigenvalue weighted by Gasteiger charge is -2.17. The van der Waals surface area contributed by atoms with Crippen molar-refractivity contribution in [3.05, 3.63) is 90.4 Å². The molecule has 0 atom stereocenters. The number of aromatic nitrogens is 3. The summed E-state index contributed by atoms with van der Waals surface area (Å²) in [6.07, 6.45) is 1.53. The third-order valence-corrected chi connectivity index (χ3v) is 7.11. The highest BCUT2D eigenvalue weighted by Gasteiger charge is 2.26. The second-order valence-corrected chi connectivity index (χ2v) is 12.6. The van der Waals surface area contributed by atoms with Crippen molar-refractivity contribution in [2.75, 3.05) is 10.6 Å². The van der Waals surface area contributed by atoms with Crippen LogP contribution in [0.2, 0.25) is 0 Å². The van der Waals surface area contributed by atoms with E-state index in [1.807, 2.05) is 18.2 Å². The zero-order chi connectivity index (χ0) is 32.7. The number of benzene rings is 2. The number of pyridine rings is 1. The molecule has 2 heterocycles. The summed E-state index contributed by atoms with van der Waals surface area (Å²) in [6, 6.07) is 22.2. The predicted molar refractivity (Wildman–Crippen MR) is 152 cm³/mol. The molecule has 0 bridgehead atoms. The summed E-state index contributed by atoms with van der Waals surface area (Å²) >= 11 is 0. The van der Waals surface area contributed by atoms with Gasteiger partial charge in [0, 0.05) is 35.9 Å². The number of anilines is 3. The minimum atomic E-state index is -4.94. The molecule has 0 radical (unpaired) electrons. The molecule has 2 aromatic carbocycles. The summed E-state index contributed by atoms with van der Waals surface area (Å²) < 4.78 is 59.0. The largest absolute Gasteiger partial charge is 0.340 e. The summed E-state index contributed by atoms with van der Waals surface area (Å²) in [5, 5.41) is 11.0. The molecular weight excluding hydrogens is 612 g/mol. The molecule has 0 saturated heterocycles. The van der Waals surface area contributed by atoms with Crippen LogP contribution in [0.3, 0.4) is 0 Å². The molecule has 15 heteroatoms. The maximum absolute atomic E-state index is 13.2. The highest BCUT2D eigenvalue weighted by molar-refractivity contribution is 7.89. The van der Waals surface area contributed by atoms with Gasteiger partial charge in [0.05, 0.1) is 4.90 Å². The van der Waals surface area contributed by atoms with Crippen LogP contribution in [0.1, 0.15) is 50.9 Å². The van der Waals surface area contributed by atoms with Crippen molar-refractivity contribution >= 4 is 33.4 Å². The molecule has 4 N–H and O–H groups in total. The van der Waals surface area contributed by atoms with Gasteiger partial charge in [0.25, 0.3) is 5.91 Å². The van der Waals surface area contributed by atoms with Gasteiger partial charge in [0.15, 0.2) is 11.4 Å². The van der Waals surface area contributed by atoms with Crippen LogP contribution in [-0.2, 0) is 21.4 Å². The number of hydrogen-bond donors (Lipinski definition) is 3. The summed E-state index contributed by atoms with van der Waals surface area (Å²) in [4.78, 5) is 21.8. The minimum Gasteiger partial charge on any atom is -0.340 e. The van der Waals surface area contributed by atoms with Gasteiger partial charge in [-0.15, -0.1) is 10.2 Å². The Balaban J connectivity index is 0.000000978. The fourth-order valence-corrected chi connectivity index (χ4v) is 4.79. The number of nitrogens with two attached hydrogens (primary N) is 1. The molecule has 1 amide bonds. The van der Waals surface area contributed by atoms with Gasteiger partial charge < -0.3 is 5.32 Å². The van der Waals surface area contributed by atoms with E-state index in [0.717, 1.165) is 22.5 Å². The molecular formula is C29H33ClN6O7S. The molecule has 13 nitrogen and oxygen atoms in total. The third-order valence-electron chi connectivity index (χ3n) is 6.18. The summed E-state index contributed by atoms with van der Waals surface area (Å²) in [7, 11) is -8.72. The van der Waals surface area contributed by atoms with Gasteiger partial charge in [-0.05, 0) is 41.5 Å². The van der Waals surface area contributed by atoms with Crippen molar-refractivity contribution in [1.82, 2.24) is 9.97 Å². The summed E-state index contributed by atoms with van der Waals surface area (Å²) in [5.41, 5.74) is 4.99. The van der Waals surface area contributed by atoms with Gasteiger partial charge in [0.2, 0.25) is 22.5 Å². The molecule has 0 aliphatic carbocycles. The number of carbonyl (C=O) groups is 1. The van der Waals surface area contributed by atoms with E-state index in [1.54, 1.807) is 18.2 Å². The maximum atomic E-state index is 13.2. The summed E-state index contributed by atoms with van der Waals surface area (Å²) in [6.45, 7) is 8.60. The molecule has 0 unspecified atom stereocenters. The van der Waals surface area contributed by atoms with Crippen LogP contribution < -0.4 is 39.0 Å². The Morgan fingerprint density at radius 1 is 0.886 bits per heavy atom. The number of primary sulfonamides is 1. The molecule has 2 aromatic heterocycles. The first-order valence-electron chi connectivity index (χ1n) is 13.3. The Bertz CT molecular complexity index is 1650. The van der Waals surface area contributed by atoms with E-state index in [1.165, 1.54) is 18.3 Å². The van der Waals surface area contributed by atoms with Crippen molar-refractivity contribution in [3.8, 4) is 11.1 Å². The summed E-state index contributed by atoms with van der Waals surface area (Å²) in [5.74, 6) is 0.747. The van der Waals surface area contributed by atoms with Crippen LogP contribution in [0, 0.1) is 10.2 Å². The second-order valence-electron chi connectivity index (χ2n) is 10.2. The zero-order valence-corrected chi connectivity index (χ0v) is 26.0. The average molecular weight is 645 g/mol. The van der Waals surface area contributed by atoms with E-state index >= 15 is 0 Å². The number of nitrogens with one attached hydrogen (secondary N) is 2. The molecule has 4 aromatic rings. The topological polar surface area (TPSA) is 223 Å². The van der Waals surface area contributed by atoms with E-state index in [9.17, 15) is 13.2 Å². The van der Waals surface area contributed by atoms with Crippen molar-refractivity contribution in [2.24, 2.45) is 5.14 Å². The highest BCUT2D eigenvalue weighted by atomic mass is 35.7. The molecule has 0 fully saturated rings. The van der Waals surface area contributed by atoms with E-state index in [0.29, 0.717) is 11.5 Å². The number of halogens is 1. The number of carbonyl (C=O) groups excluding carboxylic acids is 1. The van der Waals surface area contributed by atoms with Crippen LogP contribution in [-0.4, -0.2) is 24.3 Å². The molecule has 44 heavy (non-hydrogen) atoms. The molecule has 0 aliphatic rings. The number of hydrogen-bond acceptors (Lipinski definition) is 10. The first kappa shape index (κ1) is 34.5. The van der Waals surface area contributed by atoms with Crippen molar-refractivity contribution in [1.29, 1.82) is 0 Å². The Morgan fingerprint density at radius 3 is 1.93 bits per heavy atom. The van der Waals surface area contributed by atoms with Crippen LogP contribution in [0.4, 0.5) is 17.5 Å². The Hall–Kier alpha value is -4.02. The fraction of sp³-hybridized carbons (Fsp3) is 0.241. The van der Waals surface area contributed by atoms with E-state index in [4.69, 9.17) is 23.8 Å². The first-order valence-corrected chi connectivity index (χ1v) is 16.1. The number of amides is 1. The number of rotatable bonds is 9. The van der Waals surface area contributed by atoms with Crippen molar-refractivity contribution in [3.63, 3.8) is 0 Å². The predicted octanol–water partition coefficient (Wildman–Crippen LogP) is -0.0484. The van der Waals surface area contributed by atoms with Crippen molar-refractivity contribution < 1.29 is 46.7 Å². The van der Waals surface area contributed by atoms with Crippen molar-refractivity contribution in [2.45, 2.75) is 51.0 Å². The monoisotopic (exact) mass is 644 g/mol. The maximum Gasteiger partial charge on any atom is 0.292 e. The first-order chi connectivity index (χ1) is 20.5. The normalized spacial score (nSPS) is 11.6. The van der Waals surface area contributed by atoms with Crippen LogP contribution in [0.5, 0.6) is 0 Å². The lowest BCUT2D eigenvalue weighted by Crippen LogP contribution is -2.68. The third kappa shape index (κ3) is 10.6. The smallest absolute Gasteiger partial charge is 0.292 e. The molecule has 0 aliphatic heterocycles. The van der Waals surface area contributed by atoms with Crippen LogP contribution in [0.15, 0.2) is 83.9 Å². The fourth-order valence-electron chi connectivity index (χ4n) is 4.27. The standard InChI is InChI=1S/C29H32N6O3S.ClHO4/c1-19(2)25-16-22(21-8-6-5-7-9-21)17-26(20(3)4)35(25)18-28(36)34-29-31-15-14-27(33-29)32-23-10-12-24(13-11-23)39(30,37)38;2-1(3,4)5/h5-17,19-20H,18H2,1-4H3,(H3-,30,31,32,33,34,36,37,38);(H,2,3,4,5).